The number of thioether (sulfide) groups is 1. The van der Waals surface area contributed by atoms with Crippen molar-refractivity contribution in [1.82, 2.24) is 4.98 Å². The first-order valence-electron chi connectivity index (χ1n) is 49.5. The summed E-state index contributed by atoms with van der Waals surface area (Å²) in [6, 6.07) is 80.5. The lowest BCUT2D eigenvalue weighted by molar-refractivity contribution is -0.158. The van der Waals surface area contributed by atoms with Gasteiger partial charge in [-0.1, -0.05) is 12.1 Å². The average molecular weight is 1980 g/mol. The molecule has 0 fully saturated rings. The molecule has 10 aromatic carbocycles. The van der Waals surface area contributed by atoms with Gasteiger partial charge in [0.25, 0.3) is 0 Å². The first-order chi connectivity index (χ1) is 67.0. The highest BCUT2D eigenvalue weighted by Gasteiger charge is 2.24. The molecule has 0 bridgehead atoms. The van der Waals surface area contributed by atoms with Crippen LogP contribution in [0.5, 0.6) is 51.7 Å². The van der Waals surface area contributed by atoms with Crippen LogP contribution in [0.15, 0.2) is 242 Å². The maximum absolute atomic E-state index is 13.3. The molecule has 0 saturated carbocycles. The minimum absolute atomic E-state index is 0.174. The third kappa shape index (κ3) is 44.6. The molecule has 0 aliphatic carbocycles. The highest BCUT2D eigenvalue weighted by molar-refractivity contribution is 7.98. The van der Waals surface area contributed by atoms with Crippen LogP contribution in [0.25, 0.3) is 10.8 Å². The fraction of sp³-hybridized carbons (Fsp3) is 0.466. The largest absolute Gasteiger partial charge is 0.497 e. The number of methoxy groups -OCH3 is 6. The van der Waals surface area contributed by atoms with Crippen molar-refractivity contribution >= 4 is 79.5 Å². The number of rotatable bonds is 32. The van der Waals surface area contributed by atoms with Crippen LogP contribution < -0.4 is 92.0 Å². The van der Waals surface area contributed by atoms with Crippen molar-refractivity contribution < 1.29 is 55.8 Å². The van der Waals surface area contributed by atoms with Gasteiger partial charge in [0.2, 0.25) is 0 Å². The van der Waals surface area contributed by atoms with E-state index in [0.29, 0.717) is 60.4 Å². The lowest BCUT2D eigenvalue weighted by Gasteiger charge is -2.34. The van der Waals surface area contributed by atoms with Gasteiger partial charge in [-0.15, -0.1) is 11.8 Å². The van der Waals surface area contributed by atoms with Crippen LogP contribution in [0.4, 0.5) is 70.2 Å². The van der Waals surface area contributed by atoms with Crippen molar-refractivity contribution in [2.24, 2.45) is 0 Å². The fourth-order valence-electron chi connectivity index (χ4n) is 13.4. The number of aromatic nitrogens is 1. The fourth-order valence-corrected chi connectivity index (χ4v) is 13.8. The second-order valence-corrected chi connectivity index (χ2v) is 38.6. The summed E-state index contributed by atoms with van der Waals surface area (Å²) in [5.74, 6) is 7.47. The number of anilines is 10. The Morgan fingerprint density at radius 3 is 1.13 bits per heavy atom. The molecule has 12 rings (SSSR count). The highest BCUT2D eigenvalue weighted by atomic mass is 32.2. The predicted octanol–water partition coefficient (Wildman–Crippen LogP) is 29.2. The van der Waals surface area contributed by atoms with Crippen molar-refractivity contribution in [3.63, 3.8) is 0 Å². The molecule has 1 aliphatic rings. The summed E-state index contributed by atoms with van der Waals surface area (Å²) in [6.45, 7) is 51.7. The van der Waals surface area contributed by atoms with Gasteiger partial charge in [-0.05, 0) is 402 Å². The zero-order chi connectivity index (χ0) is 107. The summed E-state index contributed by atoms with van der Waals surface area (Å²) in [5.41, 5.74) is 12.0. The van der Waals surface area contributed by atoms with Gasteiger partial charge in [-0.3, -0.25) is 0 Å². The molecule has 0 atom stereocenters. The van der Waals surface area contributed by atoms with Crippen LogP contribution in [-0.2, 0) is 6.42 Å². The smallest absolute Gasteiger partial charge is 0.394 e. The van der Waals surface area contributed by atoms with E-state index in [1.165, 1.54) is 82.5 Å². The molecule has 11 aromatic rings. The minimum atomic E-state index is -3.13. The SMILES string of the molecule is CC(C)N(C)c1ccc(OC(C)(F)F)cc1.CC(C)Oc1ccc(N(C)C(C)C)cc1.CCOc1ccc(N(C)C(C)C)cc1.COc1ccc(N(C)C(C)C)cc1.COc1ccc(N(C)C(C)C)cc1F.COc1ccc(N(C)C(C)C)nc1.COc1ccc(NC(C)C)cc1.COc1ccc2c(c1)CCCN2C(C)C.COc1cccc2cc(N(C)C(C)C)ccc12.CSc1ccc(N(C)C(C)C)cc1. The van der Waals surface area contributed by atoms with E-state index in [-0.39, 0.29) is 23.4 Å². The summed E-state index contributed by atoms with van der Waals surface area (Å²) in [7, 11) is 26.3. The summed E-state index contributed by atoms with van der Waals surface area (Å²) in [4.78, 5) is 25.4. The molecule has 0 amide bonds. The summed E-state index contributed by atoms with van der Waals surface area (Å²) < 4.78 is 84.5. The zero-order valence-corrected chi connectivity index (χ0v) is 94.2. The first kappa shape index (κ1) is 124. The van der Waals surface area contributed by atoms with Crippen LogP contribution in [-0.4, -0.2) is 196 Å². The standard InChI is InChI=1S/C15H19NO.C13H19NO.C13H21NO.C12H17F2NO.C12H19NO.C11H16FNO.C11H17NO.C11H17NS.C10H16N2O.C10H15NO/c1-11(2)16(3)13-8-9-14-12(10-13)6-5-7-15(14)17-4;1-10(2)14-8-4-5-11-9-12(15-3)6-7-13(11)14;1-10(2)14(5)12-6-8-13(9-7-12)15-11(3)4;1-9(2)15(4)10-5-7-11(8-6-10)16-12(3,13)14;1-5-14-12-8-6-11(7-9-12)13(4)10(2)3;1-8(2)13(3)9-5-6-11(14-4)10(12)7-9;2*1-9(2)12(3)10-5-7-11(13-4)8-6-10;1-8(2)12(3)10-6-5-9(13-4)7-11-10;1-8(2)11-9-4-6-10(12-3)7-5-9/h5-11H,1-4H3;6-7,9-10H,4-5,8H2,1-3H3;6-11H,1-5H3;5-9H,1-4H3;6-10H,5H2,1-4H3;5-8H,1-4H3;2*5-9H,1-4H3;5-8H,1-4H3;4-8,11H,1-3H3. The molecule has 1 aliphatic heterocycles. The number of alkyl halides is 2. The summed E-state index contributed by atoms with van der Waals surface area (Å²) in [5, 5.41) is 5.68. The number of hydrogen-bond donors (Lipinski definition) is 1. The van der Waals surface area contributed by atoms with Crippen LogP contribution in [0, 0.1) is 5.82 Å². The highest BCUT2D eigenvalue weighted by Crippen LogP contribution is 2.35. The Morgan fingerprint density at radius 2 is 0.761 bits per heavy atom. The van der Waals surface area contributed by atoms with E-state index in [1.807, 2.05) is 143 Å². The lowest BCUT2D eigenvalue weighted by Crippen LogP contribution is -2.35. The number of nitrogens with zero attached hydrogens (tertiary/aromatic N) is 10. The average Bonchev–Trinajstić information content (AvgIpc) is 0.823. The molecule has 0 spiro atoms. The molecule has 24 heteroatoms. The van der Waals surface area contributed by atoms with Gasteiger partial charge in [-0.25, -0.2) is 9.37 Å². The second kappa shape index (κ2) is 64.5. The van der Waals surface area contributed by atoms with Gasteiger partial charge in [0.05, 0.1) is 61.6 Å². The summed E-state index contributed by atoms with van der Waals surface area (Å²) in [6.07, 6.45) is 3.35. The van der Waals surface area contributed by atoms with Crippen LogP contribution >= 0.6 is 11.8 Å². The van der Waals surface area contributed by atoms with Crippen LogP contribution in [0.3, 0.4) is 0 Å². The van der Waals surface area contributed by atoms with E-state index in [2.05, 4.69) is 332 Å². The van der Waals surface area contributed by atoms with E-state index in [9.17, 15) is 13.2 Å². The monoisotopic (exact) mass is 1980 g/mol. The van der Waals surface area contributed by atoms with E-state index < -0.39 is 6.11 Å². The van der Waals surface area contributed by atoms with E-state index in [1.54, 1.807) is 83.8 Å². The summed E-state index contributed by atoms with van der Waals surface area (Å²) >= 11 is 1.78. The number of pyridine rings is 1. The van der Waals surface area contributed by atoms with E-state index >= 15 is 0 Å². The minimum Gasteiger partial charge on any atom is -0.497 e. The van der Waals surface area contributed by atoms with Crippen molar-refractivity contribution in [2.45, 2.75) is 257 Å². The zero-order valence-electron chi connectivity index (χ0n) is 93.4. The molecule has 0 radical (unpaired) electrons. The van der Waals surface area contributed by atoms with E-state index in [4.69, 9.17) is 37.9 Å². The van der Waals surface area contributed by atoms with Gasteiger partial charge in [0.1, 0.15) is 51.8 Å². The number of ether oxygens (including phenoxy) is 9. The van der Waals surface area contributed by atoms with E-state index in [0.717, 1.165) is 82.0 Å². The number of benzene rings is 10. The Balaban J connectivity index is 0.000000406. The van der Waals surface area contributed by atoms with Crippen molar-refractivity contribution in [2.75, 3.05) is 168 Å². The Bertz CT molecular complexity index is 5070. The molecule has 0 saturated heterocycles. The quantitative estimate of drug-likeness (QED) is 0.0400. The second-order valence-electron chi connectivity index (χ2n) is 37.7. The van der Waals surface area contributed by atoms with Gasteiger partial charge in [0.15, 0.2) is 11.6 Å². The van der Waals surface area contributed by atoms with Crippen LogP contribution in [0.2, 0.25) is 0 Å². The molecular weight excluding hydrogens is 1800 g/mol. The molecule has 2 heterocycles. The molecule has 142 heavy (non-hydrogen) atoms. The molecule has 0 unspecified atom stereocenters. The lowest BCUT2D eigenvalue weighted by atomic mass is 10.0. The third-order valence-electron chi connectivity index (χ3n) is 23.8. The molecule has 784 valence electrons. The molecule has 1 N–H and O–H groups in total. The van der Waals surface area contributed by atoms with Gasteiger partial charge >= 0.3 is 6.11 Å². The van der Waals surface area contributed by atoms with Crippen molar-refractivity contribution in [3.8, 4) is 51.7 Å². The van der Waals surface area contributed by atoms with Gasteiger partial charge in [-0.2, -0.15) is 8.78 Å². The predicted molar refractivity (Wildman–Crippen MR) is 607 cm³/mol. The Labute approximate surface area is 859 Å². The number of halogens is 3. The maximum atomic E-state index is 13.3. The van der Waals surface area contributed by atoms with Crippen LogP contribution in [0.1, 0.15) is 178 Å². The van der Waals surface area contributed by atoms with Gasteiger partial charge in [0, 0.05) is 198 Å². The molecule has 20 nitrogen and oxygen atoms in total. The van der Waals surface area contributed by atoms with Crippen molar-refractivity contribution in [3.05, 3.63) is 248 Å². The Kier molecular flexibility index (Phi) is 56.4. The number of hydrogen-bond acceptors (Lipinski definition) is 21. The third-order valence-corrected chi connectivity index (χ3v) is 24.5. The topological polar surface area (TPSA) is 137 Å². The first-order valence-corrected chi connectivity index (χ1v) is 50.8. The maximum Gasteiger partial charge on any atom is 0.394 e. The number of fused-ring (bicyclic) bond motifs is 2. The normalized spacial score (nSPS) is 11.1. The molecular formula is C118H176F3N11O9S. The van der Waals surface area contributed by atoms with Crippen molar-refractivity contribution in [1.29, 1.82) is 0 Å². The Hall–Kier alpha value is -12.1. The van der Waals surface area contributed by atoms with Gasteiger partial charge < -0.3 is 92.0 Å². The Morgan fingerprint density at radius 1 is 0.387 bits per heavy atom. The molecule has 1 aromatic heterocycles. The number of nitrogens with one attached hydrogen (secondary N) is 1. The number of aryl methyl sites for hydroxylation is 1.